The van der Waals surface area contributed by atoms with E-state index in [9.17, 15) is 28.0 Å². The number of ketones is 1. The zero-order chi connectivity index (χ0) is 35.6. The molecular formula is C35H48F2N5O6+. The van der Waals surface area contributed by atoms with Gasteiger partial charge < -0.3 is 24.6 Å². The Kier molecular flexibility index (Phi) is 11.1. The molecule has 1 atom stereocenters. The van der Waals surface area contributed by atoms with Crippen LogP contribution in [0.1, 0.15) is 97.8 Å². The first-order valence-electron chi connectivity index (χ1n) is 16.3. The number of anilines is 1. The molecule has 2 aromatic rings. The number of halogens is 2. The van der Waals surface area contributed by atoms with E-state index in [2.05, 4.69) is 11.7 Å². The summed E-state index contributed by atoms with van der Waals surface area (Å²) < 4.78 is 41.3. The van der Waals surface area contributed by atoms with Crippen molar-refractivity contribution >= 4 is 29.3 Å². The molecule has 1 aromatic carbocycles. The van der Waals surface area contributed by atoms with Gasteiger partial charge in [-0.05, 0) is 55.7 Å². The van der Waals surface area contributed by atoms with Gasteiger partial charge in [0.25, 0.3) is 12.3 Å². The smallest absolute Gasteiger partial charge is 0.310 e. The molecule has 0 saturated heterocycles. The highest BCUT2D eigenvalue weighted by Crippen LogP contribution is 2.40. The second kappa shape index (κ2) is 14.6. The van der Waals surface area contributed by atoms with Crippen molar-refractivity contribution in [1.82, 2.24) is 9.78 Å². The van der Waals surface area contributed by atoms with Crippen molar-refractivity contribution in [2.24, 2.45) is 11.1 Å². The molecule has 2 N–H and O–H groups in total. The molecule has 2 aliphatic rings. The van der Waals surface area contributed by atoms with Crippen LogP contribution >= 0.6 is 0 Å². The van der Waals surface area contributed by atoms with Crippen LogP contribution in [0.4, 0.5) is 14.5 Å². The molecule has 1 aromatic heterocycles. The van der Waals surface area contributed by atoms with E-state index in [0.717, 1.165) is 0 Å². The van der Waals surface area contributed by atoms with Gasteiger partial charge in [0, 0.05) is 25.9 Å². The van der Waals surface area contributed by atoms with Crippen LogP contribution in [-0.2, 0) is 25.5 Å². The van der Waals surface area contributed by atoms with Crippen LogP contribution in [0.5, 0.6) is 0 Å². The van der Waals surface area contributed by atoms with E-state index in [0.29, 0.717) is 66.7 Å². The Hall–Kier alpha value is -4.13. The quantitative estimate of drug-likeness (QED) is 0.180. The number of hydrogen-bond donors (Lipinski definition) is 1. The van der Waals surface area contributed by atoms with Crippen LogP contribution in [-0.4, -0.2) is 90.4 Å². The summed E-state index contributed by atoms with van der Waals surface area (Å²) in [5.74, 6) is -1.91. The molecule has 1 fully saturated rings. The number of likely N-dealkylation sites (N-methyl/N-ethyl adjacent to an activating group) is 1. The first-order chi connectivity index (χ1) is 22.4. The normalized spacial score (nSPS) is 19.7. The van der Waals surface area contributed by atoms with Gasteiger partial charge in [0.05, 0.1) is 55.8 Å². The van der Waals surface area contributed by atoms with Crippen molar-refractivity contribution in [3.8, 4) is 5.69 Å². The average molecular weight is 673 g/mol. The maximum Gasteiger partial charge on any atom is 0.310 e. The van der Waals surface area contributed by atoms with Crippen LogP contribution in [0, 0.1) is 5.41 Å². The zero-order valence-corrected chi connectivity index (χ0v) is 28.8. The van der Waals surface area contributed by atoms with Crippen molar-refractivity contribution in [3.63, 3.8) is 0 Å². The molecular weight excluding hydrogens is 624 g/mol. The fraction of sp³-hybridized carbons (Fsp3) is 0.571. The molecule has 1 saturated carbocycles. The van der Waals surface area contributed by atoms with Crippen molar-refractivity contribution < 1.29 is 41.9 Å². The molecule has 262 valence electrons. The molecule has 2 aliphatic carbocycles. The molecule has 0 radical (unpaired) electrons. The standard InChI is InChI=1S/C35H47F2N5O6/c1-8-15-40(22-9-12-24(13-10-22)48-30(45)17-25(47-21(2)43)20-42(5,6)7)27-16-23(11-14-26(27)34(38)46)41-28-18-35(3,4)19-29(44)31(28)32(39-41)33(36)37/h8,11,14,16,22,24-25,33H,1,9-10,12-13,15,17-20H2,2-7H3,(H-,38,46)/p+1. The molecule has 1 unspecified atom stereocenters. The van der Waals surface area contributed by atoms with Crippen LogP contribution in [0.15, 0.2) is 30.9 Å². The first kappa shape index (κ1) is 36.7. The number of carbonyl (C=O) groups is 4. The second-order valence-electron chi connectivity index (χ2n) is 14.7. The summed E-state index contributed by atoms with van der Waals surface area (Å²) in [6.45, 7) is 9.87. The average Bonchev–Trinajstić information content (AvgIpc) is 3.34. The number of quaternary nitrogens is 1. The third kappa shape index (κ3) is 8.86. The molecule has 4 rings (SSSR count). The minimum Gasteiger partial charge on any atom is -0.462 e. The molecule has 0 spiro atoms. The summed E-state index contributed by atoms with van der Waals surface area (Å²) >= 11 is 0. The summed E-state index contributed by atoms with van der Waals surface area (Å²) in [5.41, 5.74) is 6.38. The third-order valence-electron chi connectivity index (χ3n) is 8.77. The number of benzene rings is 1. The molecule has 48 heavy (non-hydrogen) atoms. The Balaban J connectivity index is 1.58. The summed E-state index contributed by atoms with van der Waals surface area (Å²) in [4.78, 5) is 52.1. The van der Waals surface area contributed by atoms with Crippen molar-refractivity contribution in [2.45, 2.75) is 90.4 Å². The Morgan fingerprint density at radius 3 is 2.40 bits per heavy atom. The Bertz CT molecular complexity index is 1550. The number of carbonyl (C=O) groups excluding carboxylic acids is 4. The highest BCUT2D eigenvalue weighted by molar-refractivity contribution is 6.01. The van der Waals surface area contributed by atoms with Gasteiger partial charge in [0.15, 0.2) is 11.9 Å². The molecule has 1 amide bonds. The first-order valence-corrected chi connectivity index (χ1v) is 16.3. The predicted molar refractivity (Wildman–Crippen MR) is 176 cm³/mol. The number of nitrogens with zero attached hydrogens (tertiary/aromatic N) is 4. The van der Waals surface area contributed by atoms with E-state index in [1.165, 1.54) is 11.6 Å². The van der Waals surface area contributed by atoms with E-state index in [1.807, 2.05) is 39.9 Å². The summed E-state index contributed by atoms with van der Waals surface area (Å²) in [6.07, 6.45) is 0.686. The van der Waals surface area contributed by atoms with Gasteiger partial charge in [0.2, 0.25) is 0 Å². The van der Waals surface area contributed by atoms with Crippen LogP contribution in [0.3, 0.4) is 0 Å². The number of amides is 1. The Morgan fingerprint density at radius 1 is 1.17 bits per heavy atom. The van der Waals surface area contributed by atoms with Crippen LogP contribution < -0.4 is 10.6 Å². The van der Waals surface area contributed by atoms with Crippen LogP contribution in [0.25, 0.3) is 5.69 Å². The van der Waals surface area contributed by atoms with Gasteiger partial charge in [-0.2, -0.15) is 5.10 Å². The maximum atomic E-state index is 14.1. The van der Waals surface area contributed by atoms with E-state index in [1.54, 1.807) is 24.3 Å². The van der Waals surface area contributed by atoms with E-state index >= 15 is 0 Å². The van der Waals surface area contributed by atoms with Crippen molar-refractivity contribution in [1.29, 1.82) is 0 Å². The Labute approximate surface area is 280 Å². The second-order valence-corrected chi connectivity index (χ2v) is 14.7. The number of hydrogen-bond acceptors (Lipinski definition) is 8. The summed E-state index contributed by atoms with van der Waals surface area (Å²) in [5, 5.41) is 4.22. The molecule has 0 bridgehead atoms. The van der Waals surface area contributed by atoms with E-state index in [4.69, 9.17) is 15.2 Å². The third-order valence-corrected chi connectivity index (χ3v) is 8.77. The molecule has 0 aliphatic heterocycles. The summed E-state index contributed by atoms with van der Waals surface area (Å²) in [6, 6.07) is 4.77. The lowest BCUT2D eigenvalue weighted by Gasteiger charge is -2.38. The summed E-state index contributed by atoms with van der Waals surface area (Å²) in [7, 11) is 5.84. The minimum absolute atomic E-state index is 0.0303. The highest BCUT2D eigenvalue weighted by atomic mass is 19.3. The highest BCUT2D eigenvalue weighted by Gasteiger charge is 2.39. The number of alkyl halides is 2. The number of aromatic nitrogens is 2. The fourth-order valence-electron chi connectivity index (χ4n) is 6.91. The lowest BCUT2D eigenvalue weighted by molar-refractivity contribution is -0.873. The van der Waals surface area contributed by atoms with Crippen molar-refractivity contribution in [3.05, 3.63) is 53.4 Å². The molecule has 1 heterocycles. The van der Waals surface area contributed by atoms with Crippen LogP contribution in [0.2, 0.25) is 0 Å². The zero-order valence-electron chi connectivity index (χ0n) is 28.8. The molecule has 13 heteroatoms. The van der Waals surface area contributed by atoms with E-state index in [-0.39, 0.29) is 41.9 Å². The number of primary amides is 1. The predicted octanol–water partition coefficient (Wildman–Crippen LogP) is 4.94. The minimum atomic E-state index is -2.93. The number of ether oxygens (including phenoxy) is 2. The number of rotatable bonds is 13. The number of fused-ring (bicyclic) bond motifs is 1. The number of esters is 2. The van der Waals surface area contributed by atoms with Crippen molar-refractivity contribution in [2.75, 3.05) is 39.1 Å². The van der Waals surface area contributed by atoms with Gasteiger partial charge >= 0.3 is 11.9 Å². The largest absolute Gasteiger partial charge is 0.462 e. The fourth-order valence-corrected chi connectivity index (χ4v) is 6.91. The lowest BCUT2D eigenvalue weighted by atomic mass is 9.75. The lowest BCUT2D eigenvalue weighted by Crippen LogP contribution is -2.44. The van der Waals surface area contributed by atoms with Gasteiger partial charge in [-0.25, -0.2) is 13.5 Å². The van der Waals surface area contributed by atoms with E-state index < -0.39 is 41.5 Å². The molecule has 11 nitrogen and oxygen atoms in total. The number of nitrogens with two attached hydrogens (primary N) is 1. The Morgan fingerprint density at radius 2 is 1.83 bits per heavy atom. The topological polar surface area (TPSA) is 134 Å². The van der Waals surface area contributed by atoms with Gasteiger partial charge in [-0.15, -0.1) is 6.58 Å². The maximum absolute atomic E-state index is 14.1. The van der Waals surface area contributed by atoms with Gasteiger partial charge in [-0.1, -0.05) is 19.9 Å². The number of Topliss-reactive ketones (excluding diaryl/α,β-unsaturated/α-hetero) is 1. The monoisotopic (exact) mass is 672 g/mol. The van der Waals surface area contributed by atoms with Gasteiger partial charge in [-0.3, -0.25) is 19.2 Å². The SMILES string of the molecule is C=CCN(c1cc(-n2nc(C(F)F)c3c2CC(C)(C)CC3=O)ccc1C(N)=O)C1CCC(OC(=O)CC(C[N+](C)(C)C)OC(C)=O)CC1. The van der Waals surface area contributed by atoms with Gasteiger partial charge in [0.1, 0.15) is 18.3 Å².